The average molecular weight is 426 g/mol. The number of benzene rings is 1. The highest BCUT2D eigenvalue weighted by atomic mass is 35.5. The summed E-state index contributed by atoms with van der Waals surface area (Å²) in [6, 6.07) is 8.26. The van der Waals surface area contributed by atoms with Crippen LogP contribution in [0.4, 0.5) is 0 Å². The number of hydrogen-bond acceptors (Lipinski definition) is 5. The summed E-state index contributed by atoms with van der Waals surface area (Å²) >= 11 is 6.61. The van der Waals surface area contributed by atoms with Gasteiger partial charge >= 0.3 is 0 Å². The molecule has 2 aliphatic heterocycles. The number of nitrogens with one attached hydrogen (secondary N) is 1. The number of halogens is 1. The van der Waals surface area contributed by atoms with Gasteiger partial charge in [-0.1, -0.05) is 35.9 Å². The van der Waals surface area contributed by atoms with Crippen molar-refractivity contribution in [1.82, 2.24) is 25.0 Å². The molecule has 2 N–H and O–H groups in total. The van der Waals surface area contributed by atoms with Gasteiger partial charge < -0.3 is 10.0 Å². The van der Waals surface area contributed by atoms with Crippen LogP contribution in [0.3, 0.4) is 0 Å². The van der Waals surface area contributed by atoms with Gasteiger partial charge in [-0.15, -0.1) is 0 Å². The van der Waals surface area contributed by atoms with E-state index in [0.717, 1.165) is 12.1 Å². The molecule has 4 heterocycles. The Labute approximate surface area is 179 Å². The van der Waals surface area contributed by atoms with E-state index in [-0.39, 0.29) is 18.4 Å². The monoisotopic (exact) mass is 425 g/mol. The molecule has 0 bridgehead atoms. The Morgan fingerprint density at radius 1 is 1.33 bits per heavy atom. The largest absolute Gasteiger partial charge is 0.374 e. The standard InChI is InChI=1S/C22H24ClN5O2/c1-13-18-19(23)17(11-24-20(18)27(2)26-13)21(29)28-8-7-16-9-14-5-3-4-6-15(14)10-25-22(16,30)12-28/h3-6,11,16,25,30H,7-10,12H2,1-2H3/t16-,22+/m1/s1. The van der Waals surface area contributed by atoms with Crippen LogP contribution < -0.4 is 5.32 Å². The molecule has 1 amide bonds. The van der Waals surface area contributed by atoms with Crippen LogP contribution in [-0.4, -0.2) is 49.5 Å². The number of carbonyl (C=O) groups excluding carboxylic acids is 1. The minimum atomic E-state index is -1.14. The quantitative estimate of drug-likeness (QED) is 0.625. The Hall–Kier alpha value is -2.48. The first-order valence-electron chi connectivity index (χ1n) is 10.2. The van der Waals surface area contributed by atoms with Gasteiger partial charge in [0.2, 0.25) is 0 Å². The van der Waals surface area contributed by atoms with E-state index in [1.807, 2.05) is 19.1 Å². The predicted molar refractivity (Wildman–Crippen MR) is 114 cm³/mol. The van der Waals surface area contributed by atoms with Crippen LogP contribution >= 0.6 is 11.6 Å². The summed E-state index contributed by atoms with van der Waals surface area (Å²) in [5.74, 6) is -0.171. The first-order valence-corrected chi connectivity index (χ1v) is 10.6. The second kappa shape index (κ2) is 7.04. The van der Waals surface area contributed by atoms with E-state index >= 15 is 0 Å². The summed E-state index contributed by atoms with van der Waals surface area (Å²) in [4.78, 5) is 19.4. The number of aromatic nitrogens is 3. The lowest BCUT2D eigenvalue weighted by Gasteiger charge is -2.44. The summed E-state index contributed by atoms with van der Waals surface area (Å²) in [6.45, 7) is 3.21. The minimum Gasteiger partial charge on any atom is -0.374 e. The molecule has 1 aromatic carbocycles. The Kier molecular flexibility index (Phi) is 4.57. The molecule has 5 rings (SSSR count). The molecule has 2 aromatic heterocycles. The first kappa shape index (κ1) is 19.5. The fraction of sp³-hybridized carbons (Fsp3) is 0.409. The van der Waals surface area contributed by atoms with Crippen LogP contribution in [0.2, 0.25) is 5.02 Å². The minimum absolute atomic E-state index is 0.0434. The van der Waals surface area contributed by atoms with Crippen LogP contribution in [0.1, 0.15) is 33.6 Å². The summed E-state index contributed by atoms with van der Waals surface area (Å²) in [6.07, 6.45) is 3.02. The first-order chi connectivity index (χ1) is 14.4. The van der Waals surface area contributed by atoms with Crippen LogP contribution in [0.5, 0.6) is 0 Å². The molecule has 0 saturated carbocycles. The number of hydrogen-bond donors (Lipinski definition) is 2. The molecular formula is C22H24ClN5O2. The molecule has 8 heteroatoms. The summed E-state index contributed by atoms with van der Waals surface area (Å²) in [7, 11) is 1.80. The molecule has 0 spiro atoms. The van der Waals surface area contributed by atoms with Crippen molar-refractivity contribution < 1.29 is 9.90 Å². The molecule has 30 heavy (non-hydrogen) atoms. The number of aryl methyl sites for hydroxylation is 2. The van der Waals surface area contributed by atoms with Gasteiger partial charge in [-0.25, -0.2) is 4.98 Å². The third-order valence-electron chi connectivity index (χ3n) is 6.51. The van der Waals surface area contributed by atoms with Crippen molar-refractivity contribution >= 4 is 28.5 Å². The normalized spacial score (nSPS) is 23.7. The SMILES string of the molecule is Cc1nn(C)c2ncc(C(=O)N3CC[C@@H]4Cc5ccccc5CN[C@]4(O)C3)c(Cl)c12. The third-order valence-corrected chi connectivity index (χ3v) is 6.90. The molecule has 2 atom stereocenters. The van der Waals surface area contributed by atoms with Crippen LogP contribution in [0, 0.1) is 12.8 Å². The van der Waals surface area contributed by atoms with Gasteiger partial charge in [-0.2, -0.15) is 5.10 Å². The number of nitrogens with zero attached hydrogens (tertiary/aromatic N) is 4. The Morgan fingerprint density at radius 3 is 2.90 bits per heavy atom. The van der Waals surface area contributed by atoms with Crippen LogP contribution in [0.15, 0.2) is 30.5 Å². The highest BCUT2D eigenvalue weighted by Crippen LogP contribution is 2.35. The van der Waals surface area contributed by atoms with Gasteiger partial charge in [-0.05, 0) is 30.9 Å². The maximum atomic E-state index is 13.3. The number of likely N-dealkylation sites (tertiary alicyclic amines) is 1. The van der Waals surface area contributed by atoms with Gasteiger partial charge in [-0.3, -0.25) is 14.8 Å². The number of aliphatic hydroxyl groups is 1. The summed E-state index contributed by atoms with van der Waals surface area (Å²) in [5.41, 5.74) is 3.05. The highest BCUT2D eigenvalue weighted by Gasteiger charge is 2.44. The molecule has 156 valence electrons. The molecule has 2 aliphatic rings. The Balaban J connectivity index is 1.43. The molecule has 3 aromatic rings. The van der Waals surface area contributed by atoms with Crippen molar-refractivity contribution in [2.75, 3.05) is 13.1 Å². The van der Waals surface area contributed by atoms with E-state index in [2.05, 4.69) is 27.5 Å². The van der Waals surface area contributed by atoms with Crippen LogP contribution in [0.25, 0.3) is 11.0 Å². The van der Waals surface area contributed by atoms with E-state index < -0.39 is 5.72 Å². The van der Waals surface area contributed by atoms with Crippen LogP contribution in [-0.2, 0) is 20.0 Å². The molecule has 0 aliphatic carbocycles. The topological polar surface area (TPSA) is 83.3 Å². The number of piperidine rings is 1. The van der Waals surface area contributed by atoms with Crippen molar-refractivity contribution in [3.8, 4) is 0 Å². The van der Waals surface area contributed by atoms with Gasteiger partial charge in [0.15, 0.2) is 5.65 Å². The fourth-order valence-electron chi connectivity index (χ4n) is 4.82. The summed E-state index contributed by atoms with van der Waals surface area (Å²) in [5, 5.41) is 20.2. The van der Waals surface area contributed by atoms with Crippen molar-refractivity contribution in [2.24, 2.45) is 13.0 Å². The molecule has 0 radical (unpaired) electrons. The van der Waals surface area contributed by atoms with E-state index in [9.17, 15) is 9.90 Å². The van der Waals surface area contributed by atoms with Gasteiger partial charge in [0.05, 0.1) is 28.2 Å². The van der Waals surface area contributed by atoms with E-state index in [0.29, 0.717) is 41.1 Å². The Bertz CT molecular complexity index is 1160. The molecular weight excluding hydrogens is 402 g/mol. The number of rotatable bonds is 1. The van der Waals surface area contributed by atoms with Gasteiger partial charge in [0.25, 0.3) is 5.91 Å². The molecule has 1 fully saturated rings. The van der Waals surface area contributed by atoms with E-state index in [1.54, 1.807) is 16.6 Å². The average Bonchev–Trinajstić information content (AvgIpc) is 2.93. The lowest BCUT2D eigenvalue weighted by molar-refractivity contribution is -0.0923. The van der Waals surface area contributed by atoms with Gasteiger partial charge in [0, 0.05) is 32.3 Å². The lowest BCUT2D eigenvalue weighted by Crippen LogP contribution is -2.62. The second-order valence-corrected chi connectivity index (χ2v) is 8.73. The highest BCUT2D eigenvalue weighted by molar-refractivity contribution is 6.38. The number of fused-ring (bicyclic) bond motifs is 3. The van der Waals surface area contributed by atoms with E-state index in [1.165, 1.54) is 17.3 Å². The van der Waals surface area contributed by atoms with E-state index in [4.69, 9.17) is 11.6 Å². The number of pyridine rings is 1. The van der Waals surface area contributed by atoms with Gasteiger partial charge in [0.1, 0.15) is 5.72 Å². The van der Waals surface area contributed by atoms with Crippen molar-refractivity contribution in [1.29, 1.82) is 0 Å². The zero-order chi connectivity index (χ0) is 21.0. The predicted octanol–water partition coefficient (Wildman–Crippen LogP) is 2.43. The fourth-order valence-corrected chi connectivity index (χ4v) is 5.18. The molecule has 1 saturated heterocycles. The molecule has 7 nitrogen and oxygen atoms in total. The third kappa shape index (κ3) is 3.00. The van der Waals surface area contributed by atoms with Crippen molar-refractivity contribution in [3.63, 3.8) is 0 Å². The molecule has 0 unspecified atom stereocenters. The maximum Gasteiger partial charge on any atom is 0.257 e. The number of amides is 1. The van der Waals surface area contributed by atoms with Crippen molar-refractivity contribution in [2.45, 2.75) is 32.0 Å². The zero-order valence-electron chi connectivity index (χ0n) is 17.0. The zero-order valence-corrected chi connectivity index (χ0v) is 17.8. The summed E-state index contributed by atoms with van der Waals surface area (Å²) < 4.78 is 1.66. The maximum absolute atomic E-state index is 13.3. The number of β-amino-alcohol motifs (C(OH)–C–C–N with tert-alkyl or cyclic N) is 1. The lowest BCUT2D eigenvalue weighted by atomic mass is 9.83. The smallest absolute Gasteiger partial charge is 0.257 e. The van der Waals surface area contributed by atoms with Crippen molar-refractivity contribution in [3.05, 3.63) is 57.9 Å². The number of carbonyl (C=O) groups is 1. The Morgan fingerprint density at radius 2 is 2.10 bits per heavy atom. The second-order valence-electron chi connectivity index (χ2n) is 8.36.